The molecule has 6 nitrogen and oxygen atoms in total. The van der Waals surface area contributed by atoms with Crippen LogP contribution in [0.1, 0.15) is 22.6 Å². The Morgan fingerprint density at radius 3 is 2.48 bits per heavy atom. The fourth-order valence-corrected chi connectivity index (χ4v) is 3.31. The van der Waals surface area contributed by atoms with Crippen molar-refractivity contribution in [2.45, 2.75) is 33.0 Å². The monoisotopic (exact) mass is 401 g/mol. The van der Waals surface area contributed by atoms with E-state index in [4.69, 9.17) is 0 Å². The fourth-order valence-electron chi connectivity index (χ4n) is 3.31. The molecule has 150 valence electrons. The maximum atomic E-state index is 12.8. The van der Waals surface area contributed by atoms with E-state index < -0.39 is 11.9 Å². The lowest BCUT2D eigenvalue weighted by Gasteiger charge is -2.05. The second kappa shape index (κ2) is 6.91. The number of fused-ring (bicyclic) bond motifs is 1. The van der Waals surface area contributed by atoms with Gasteiger partial charge in [-0.1, -0.05) is 30.3 Å². The molecule has 0 radical (unpaired) electrons. The van der Waals surface area contributed by atoms with Crippen molar-refractivity contribution in [1.29, 1.82) is 0 Å². The Morgan fingerprint density at radius 2 is 1.83 bits per heavy atom. The van der Waals surface area contributed by atoms with Crippen molar-refractivity contribution >= 4 is 5.65 Å². The predicted molar refractivity (Wildman–Crippen MR) is 102 cm³/mol. The zero-order valence-electron chi connectivity index (χ0n) is 15.8. The van der Waals surface area contributed by atoms with Crippen molar-refractivity contribution in [2.75, 3.05) is 0 Å². The number of halogens is 3. The molecule has 0 fully saturated rings. The molecule has 0 aliphatic rings. The van der Waals surface area contributed by atoms with Gasteiger partial charge in [-0.3, -0.25) is 14.6 Å². The van der Waals surface area contributed by atoms with Crippen LogP contribution >= 0.6 is 0 Å². The minimum atomic E-state index is -4.48. The molecule has 1 N–H and O–H groups in total. The second-order valence-corrected chi connectivity index (χ2v) is 6.86. The Bertz CT molecular complexity index is 1230. The number of aryl methyl sites for hydroxylation is 4. The van der Waals surface area contributed by atoms with E-state index in [0.717, 1.165) is 22.9 Å². The molecule has 0 saturated carbocycles. The first-order valence-electron chi connectivity index (χ1n) is 9.02. The van der Waals surface area contributed by atoms with Crippen LogP contribution in [0.25, 0.3) is 16.9 Å². The fraction of sp³-hybridized carbons (Fsp3) is 0.250. The SMILES string of the molecule is Cc1c(-c2ccccc2)[nH]n2c(=O)cc(CCn3nc(C(F)(F)F)cc3C)nc12. The zero-order valence-corrected chi connectivity index (χ0v) is 15.8. The minimum Gasteiger partial charge on any atom is -0.289 e. The summed E-state index contributed by atoms with van der Waals surface area (Å²) in [6, 6.07) is 12.0. The number of hydrogen-bond donors (Lipinski definition) is 1. The van der Waals surface area contributed by atoms with Gasteiger partial charge in [0.1, 0.15) is 0 Å². The van der Waals surface area contributed by atoms with Crippen LogP contribution in [0.4, 0.5) is 13.2 Å². The predicted octanol–water partition coefficient (Wildman–Crippen LogP) is 3.76. The number of benzene rings is 1. The molecule has 1 aromatic carbocycles. The first-order valence-corrected chi connectivity index (χ1v) is 9.02. The number of nitrogens with zero attached hydrogens (tertiary/aromatic N) is 4. The van der Waals surface area contributed by atoms with E-state index in [2.05, 4.69) is 15.2 Å². The molecule has 0 bridgehead atoms. The molecule has 9 heteroatoms. The van der Waals surface area contributed by atoms with Crippen LogP contribution in [0, 0.1) is 13.8 Å². The molecule has 0 unspecified atom stereocenters. The number of H-pyrrole nitrogens is 1. The molecule has 4 aromatic rings. The van der Waals surface area contributed by atoms with Gasteiger partial charge in [-0.25, -0.2) is 9.50 Å². The topological polar surface area (TPSA) is 68.0 Å². The summed E-state index contributed by atoms with van der Waals surface area (Å²) in [5.41, 5.74) is 2.76. The molecule has 4 rings (SSSR count). The van der Waals surface area contributed by atoms with Crippen molar-refractivity contribution in [3.8, 4) is 11.3 Å². The normalized spacial score (nSPS) is 12.0. The van der Waals surface area contributed by atoms with Gasteiger partial charge in [0, 0.05) is 30.3 Å². The molecular formula is C20H18F3N5O. The van der Waals surface area contributed by atoms with Gasteiger partial charge in [0.05, 0.1) is 11.4 Å². The molecular weight excluding hydrogens is 383 g/mol. The van der Waals surface area contributed by atoms with E-state index in [0.29, 0.717) is 17.0 Å². The first kappa shape index (κ1) is 19.0. The molecule has 0 amide bonds. The van der Waals surface area contributed by atoms with Gasteiger partial charge in [-0.2, -0.15) is 18.3 Å². The number of aromatic nitrogens is 5. The largest absolute Gasteiger partial charge is 0.435 e. The highest BCUT2D eigenvalue weighted by Gasteiger charge is 2.34. The van der Waals surface area contributed by atoms with E-state index in [1.807, 2.05) is 37.3 Å². The Kier molecular flexibility index (Phi) is 4.52. The van der Waals surface area contributed by atoms with Crippen LogP contribution in [0.3, 0.4) is 0 Å². The molecule has 0 aliphatic heterocycles. The molecule has 3 heterocycles. The summed E-state index contributed by atoms with van der Waals surface area (Å²) in [6.07, 6.45) is -4.20. The lowest BCUT2D eigenvalue weighted by atomic mass is 10.1. The summed E-state index contributed by atoms with van der Waals surface area (Å²) >= 11 is 0. The second-order valence-electron chi connectivity index (χ2n) is 6.86. The van der Waals surface area contributed by atoms with Gasteiger partial charge >= 0.3 is 6.18 Å². The number of aromatic amines is 1. The van der Waals surface area contributed by atoms with Gasteiger partial charge in [-0.15, -0.1) is 0 Å². The van der Waals surface area contributed by atoms with Crippen molar-refractivity contribution in [3.05, 3.63) is 75.5 Å². The average Bonchev–Trinajstić information content (AvgIpc) is 3.22. The summed E-state index contributed by atoms with van der Waals surface area (Å²) in [5, 5.41) is 6.69. The third-order valence-corrected chi connectivity index (χ3v) is 4.82. The molecule has 0 saturated heterocycles. The highest BCUT2D eigenvalue weighted by molar-refractivity contribution is 5.69. The van der Waals surface area contributed by atoms with Crippen molar-refractivity contribution < 1.29 is 13.2 Å². The summed E-state index contributed by atoms with van der Waals surface area (Å²) < 4.78 is 41.1. The lowest BCUT2D eigenvalue weighted by Crippen LogP contribution is -2.17. The average molecular weight is 401 g/mol. The molecule has 0 spiro atoms. The van der Waals surface area contributed by atoms with Gasteiger partial charge < -0.3 is 0 Å². The highest BCUT2D eigenvalue weighted by Crippen LogP contribution is 2.28. The van der Waals surface area contributed by atoms with Crippen LogP contribution in [0.5, 0.6) is 0 Å². The third kappa shape index (κ3) is 3.55. The lowest BCUT2D eigenvalue weighted by molar-refractivity contribution is -0.141. The standard InChI is InChI=1S/C20H18F3N5O/c1-12-10-16(20(21,22)23)25-27(12)9-8-15-11-17(29)28-19(24-15)13(2)18(26-28)14-6-4-3-5-7-14/h3-7,10-11,26H,8-9H2,1-2H3. The van der Waals surface area contributed by atoms with Gasteiger partial charge in [-0.05, 0) is 25.5 Å². The Hall–Kier alpha value is -3.36. The van der Waals surface area contributed by atoms with Gasteiger partial charge in [0.15, 0.2) is 11.3 Å². The summed E-state index contributed by atoms with van der Waals surface area (Å²) in [7, 11) is 0. The van der Waals surface area contributed by atoms with E-state index in [9.17, 15) is 18.0 Å². The summed E-state index contributed by atoms with van der Waals surface area (Å²) in [4.78, 5) is 17.1. The third-order valence-electron chi connectivity index (χ3n) is 4.82. The van der Waals surface area contributed by atoms with E-state index >= 15 is 0 Å². The van der Waals surface area contributed by atoms with Crippen LogP contribution in [0.2, 0.25) is 0 Å². The van der Waals surface area contributed by atoms with Crippen molar-refractivity contribution in [2.24, 2.45) is 0 Å². The molecule has 0 aliphatic carbocycles. The smallest absolute Gasteiger partial charge is 0.289 e. The maximum Gasteiger partial charge on any atom is 0.435 e. The minimum absolute atomic E-state index is 0.194. The van der Waals surface area contributed by atoms with E-state index in [1.165, 1.54) is 15.3 Å². The summed E-state index contributed by atoms with van der Waals surface area (Å²) in [5.74, 6) is 0. The van der Waals surface area contributed by atoms with Crippen molar-refractivity contribution in [3.63, 3.8) is 0 Å². The maximum absolute atomic E-state index is 12.8. The Balaban J connectivity index is 1.65. The van der Waals surface area contributed by atoms with E-state index in [1.54, 1.807) is 6.92 Å². The Labute approximate surface area is 163 Å². The van der Waals surface area contributed by atoms with Crippen LogP contribution in [-0.2, 0) is 19.1 Å². The van der Waals surface area contributed by atoms with Crippen molar-refractivity contribution in [1.82, 2.24) is 24.4 Å². The highest BCUT2D eigenvalue weighted by atomic mass is 19.4. The zero-order chi connectivity index (χ0) is 20.8. The van der Waals surface area contributed by atoms with Crippen LogP contribution < -0.4 is 5.56 Å². The Morgan fingerprint density at radius 1 is 1.10 bits per heavy atom. The summed E-state index contributed by atoms with van der Waals surface area (Å²) in [6.45, 7) is 3.63. The number of nitrogens with one attached hydrogen (secondary N) is 1. The van der Waals surface area contributed by atoms with Crippen LogP contribution in [-0.4, -0.2) is 24.4 Å². The van der Waals surface area contributed by atoms with E-state index in [-0.39, 0.29) is 18.5 Å². The molecule has 3 aromatic heterocycles. The quantitative estimate of drug-likeness (QED) is 0.566. The number of alkyl halides is 3. The van der Waals surface area contributed by atoms with Gasteiger partial charge in [0.25, 0.3) is 5.56 Å². The molecule has 29 heavy (non-hydrogen) atoms. The first-order chi connectivity index (χ1) is 13.7. The molecule has 0 atom stereocenters. The number of hydrogen-bond acceptors (Lipinski definition) is 3. The number of rotatable bonds is 4. The van der Waals surface area contributed by atoms with Crippen LogP contribution in [0.15, 0.2) is 47.3 Å². The van der Waals surface area contributed by atoms with Gasteiger partial charge in [0.2, 0.25) is 0 Å².